The van der Waals surface area contributed by atoms with Gasteiger partial charge in [0, 0.05) is 26.2 Å². The average Bonchev–Trinajstić information content (AvgIpc) is 2.69. The van der Waals surface area contributed by atoms with Gasteiger partial charge in [0.25, 0.3) is 0 Å². The Balaban J connectivity index is 2.16. The first-order valence-electron chi connectivity index (χ1n) is 6.91. The molecule has 4 N–H and O–H groups in total. The van der Waals surface area contributed by atoms with Crippen molar-refractivity contribution in [2.45, 2.75) is 37.8 Å². The van der Waals surface area contributed by atoms with Crippen molar-refractivity contribution in [3.63, 3.8) is 0 Å². The molecule has 7 nitrogen and oxygen atoms in total. The van der Waals surface area contributed by atoms with E-state index in [1.165, 1.54) is 6.92 Å². The van der Waals surface area contributed by atoms with Crippen molar-refractivity contribution in [1.82, 2.24) is 15.2 Å². The van der Waals surface area contributed by atoms with E-state index >= 15 is 0 Å². The number of carbonyl (C=O) groups is 1. The molecule has 1 aromatic rings. The molecule has 2 heterocycles. The fourth-order valence-electron chi connectivity index (χ4n) is 2.71. The van der Waals surface area contributed by atoms with Gasteiger partial charge in [-0.25, -0.2) is 0 Å². The molecule has 4 unspecified atom stereocenters. The molecule has 7 heteroatoms. The Hall–Kier alpha value is -1.54. The van der Waals surface area contributed by atoms with Gasteiger partial charge in [-0.15, -0.1) is 0 Å². The molecule has 0 bridgehead atoms. The molecule has 0 spiro atoms. The number of nitrogens with zero attached hydrogens (tertiary/aromatic N) is 2. The van der Waals surface area contributed by atoms with E-state index < -0.39 is 24.3 Å². The van der Waals surface area contributed by atoms with Crippen LogP contribution in [-0.2, 0) is 11.3 Å². The van der Waals surface area contributed by atoms with E-state index in [9.17, 15) is 20.1 Å². The largest absolute Gasteiger partial charge is 0.395 e. The maximum Gasteiger partial charge on any atom is 0.216 e. The van der Waals surface area contributed by atoms with Crippen LogP contribution in [0.15, 0.2) is 24.4 Å². The lowest BCUT2D eigenvalue weighted by Crippen LogP contribution is -2.46. The standard InChI is InChI=1S/C14H21N3O4/c1-9(19)16-6-11-13(20)14(21)12(8-18)17(11)7-10-4-2-3-5-15-10/h2-5,11-14,18,20-21H,6-8H2,1H3,(H,16,19). The summed E-state index contributed by atoms with van der Waals surface area (Å²) in [6, 6.07) is 4.43. The third kappa shape index (κ3) is 3.56. The molecule has 1 fully saturated rings. The Labute approximate surface area is 123 Å². The van der Waals surface area contributed by atoms with E-state index in [2.05, 4.69) is 10.3 Å². The van der Waals surface area contributed by atoms with Gasteiger partial charge in [0.05, 0.1) is 36.6 Å². The highest BCUT2D eigenvalue weighted by atomic mass is 16.3. The number of aromatic nitrogens is 1. The van der Waals surface area contributed by atoms with Crippen LogP contribution in [0.1, 0.15) is 12.6 Å². The maximum absolute atomic E-state index is 11.1. The van der Waals surface area contributed by atoms with Gasteiger partial charge in [0.1, 0.15) is 0 Å². The number of nitrogens with one attached hydrogen (secondary N) is 1. The second kappa shape index (κ2) is 6.95. The molecule has 21 heavy (non-hydrogen) atoms. The topological polar surface area (TPSA) is 106 Å². The lowest BCUT2D eigenvalue weighted by molar-refractivity contribution is -0.119. The summed E-state index contributed by atoms with van der Waals surface area (Å²) in [5, 5.41) is 32.3. The third-order valence-electron chi connectivity index (χ3n) is 3.81. The zero-order chi connectivity index (χ0) is 15.4. The molecule has 0 aromatic carbocycles. The number of pyridine rings is 1. The monoisotopic (exact) mass is 295 g/mol. The van der Waals surface area contributed by atoms with Crippen molar-refractivity contribution >= 4 is 5.91 Å². The van der Waals surface area contributed by atoms with Crippen LogP contribution in [0.4, 0.5) is 0 Å². The minimum atomic E-state index is -1.06. The van der Waals surface area contributed by atoms with E-state index in [4.69, 9.17) is 0 Å². The summed E-state index contributed by atoms with van der Waals surface area (Å²) in [6.45, 7) is 1.70. The smallest absolute Gasteiger partial charge is 0.216 e. The quantitative estimate of drug-likeness (QED) is 0.526. The molecular weight excluding hydrogens is 274 g/mol. The Morgan fingerprint density at radius 3 is 2.62 bits per heavy atom. The van der Waals surface area contributed by atoms with Gasteiger partial charge < -0.3 is 20.6 Å². The molecule has 1 saturated heterocycles. The summed E-state index contributed by atoms with van der Waals surface area (Å²) in [5.41, 5.74) is 0.769. The number of aliphatic hydroxyl groups excluding tert-OH is 3. The number of likely N-dealkylation sites (tertiary alicyclic amines) is 1. The third-order valence-corrected chi connectivity index (χ3v) is 3.81. The fourth-order valence-corrected chi connectivity index (χ4v) is 2.71. The lowest BCUT2D eigenvalue weighted by Gasteiger charge is -2.29. The van der Waals surface area contributed by atoms with Gasteiger partial charge >= 0.3 is 0 Å². The highest BCUT2D eigenvalue weighted by Crippen LogP contribution is 2.26. The van der Waals surface area contributed by atoms with Gasteiger partial charge in [0.15, 0.2) is 0 Å². The van der Waals surface area contributed by atoms with Gasteiger partial charge in [0.2, 0.25) is 5.91 Å². The van der Waals surface area contributed by atoms with E-state index in [1.54, 1.807) is 17.2 Å². The number of rotatable bonds is 5. The first-order valence-corrected chi connectivity index (χ1v) is 6.91. The Bertz CT molecular complexity index is 471. The Kier molecular flexibility index (Phi) is 5.24. The first-order chi connectivity index (χ1) is 10.0. The van der Waals surface area contributed by atoms with Crippen LogP contribution in [0.2, 0.25) is 0 Å². The van der Waals surface area contributed by atoms with Gasteiger partial charge in [-0.2, -0.15) is 0 Å². The molecule has 1 aliphatic heterocycles. The van der Waals surface area contributed by atoms with E-state index in [-0.39, 0.29) is 19.1 Å². The van der Waals surface area contributed by atoms with E-state index in [0.717, 1.165) is 5.69 Å². The Morgan fingerprint density at radius 1 is 1.33 bits per heavy atom. The molecule has 0 aliphatic carbocycles. The van der Waals surface area contributed by atoms with Crippen LogP contribution in [0.5, 0.6) is 0 Å². The summed E-state index contributed by atoms with van der Waals surface area (Å²) < 4.78 is 0. The number of hydrogen-bond donors (Lipinski definition) is 4. The number of amides is 1. The van der Waals surface area contributed by atoms with Gasteiger partial charge in [-0.3, -0.25) is 14.7 Å². The average molecular weight is 295 g/mol. The zero-order valence-corrected chi connectivity index (χ0v) is 11.9. The molecular formula is C14H21N3O4. The molecule has 0 radical (unpaired) electrons. The highest BCUT2D eigenvalue weighted by Gasteiger charge is 2.47. The molecule has 0 saturated carbocycles. The predicted molar refractivity (Wildman–Crippen MR) is 75.1 cm³/mol. The normalized spacial score (nSPS) is 29.5. The fraction of sp³-hybridized carbons (Fsp3) is 0.571. The minimum absolute atomic E-state index is 0.205. The summed E-state index contributed by atoms with van der Waals surface area (Å²) in [7, 11) is 0. The van der Waals surface area contributed by atoms with Crippen molar-refractivity contribution < 1.29 is 20.1 Å². The van der Waals surface area contributed by atoms with Crippen LogP contribution in [0.25, 0.3) is 0 Å². The first kappa shape index (κ1) is 15.8. The lowest BCUT2D eigenvalue weighted by atomic mass is 10.1. The Morgan fingerprint density at radius 2 is 2.05 bits per heavy atom. The minimum Gasteiger partial charge on any atom is -0.395 e. The zero-order valence-electron chi connectivity index (χ0n) is 11.9. The van der Waals surface area contributed by atoms with Crippen LogP contribution < -0.4 is 5.32 Å². The SMILES string of the molecule is CC(=O)NCC1C(O)C(O)C(CO)N1Cc1ccccn1. The maximum atomic E-state index is 11.1. The van der Waals surface area contributed by atoms with Crippen molar-refractivity contribution in [2.75, 3.05) is 13.2 Å². The summed E-state index contributed by atoms with van der Waals surface area (Å²) >= 11 is 0. The number of aliphatic hydroxyl groups is 3. The van der Waals surface area contributed by atoms with Crippen LogP contribution in [0.3, 0.4) is 0 Å². The van der Waals surface area contributed by atoms with E-state index in [0.29, 0.717) is 6.54 Å². The summed E-state index contributed by atoms with van der Waals surface area (Å²) in [5.74, 6) is -0.207. The number of hydrogen-bond acceptors (Lipinski definition) is 6. The van der Waals surface area contributed by atoms with Crippen LogP contribution in [0, 0.1) is 0 Å². The van der Waals surface area contributed by atoms with Crippen LogP contribution in [-0.4, -0.2) is 68.6 Å². The molecule has 2 rings (SSSR count). The van der Waals surface area contributed by atoms with Crippen LogP contribution >= 0.6 is 0 Å². The van der Waals surface area contributed by atoms with Crippen molar-refractivity contribution in [1.29, 1.82) is 0 Å². The molecule has 4 atom stereocenters. The highest BCUT2D eigenvalue weighted by molar-refractivity contribution is 5.72. The van der Waals surface area contributed by atoms with Crippen molar-refractivity contribution in [3.05, 3.63) is 30.1 Å². The predicted octanol–water partition coefficient (Wildman–Crippen LogP) is -1.52. The van der Waals surface area contributed by atoms with Crippen molar-refractivity contribution in [3.8, 4) is 0 Å². The van der Waals surface area contributed by atoms with Gasteiger partial charge in [-0.05, 0) is 12.1 Å². The van der Waals surface area contributed by atoms with Crippen molar-refractivity contribution in [2.24, 2.45) is 0 Å². The van der Waals surface area contributed by atoms with Gasteiger partial charge in [-0.1, -0.05) is 6.07 Å². The molecule has 116 valence electrons. The summed E-state index contributed by atoms with van der Waals surface area (Å²) in [4.78, 5) is 17.1. The second-order valence-corrected chi connectivity index (χ2v) is 5.23. The molecule has 1 amide bonds. The van der Waals surface area contributed by atoms with E-state index in [1.807, 2.05) is 12.1 Å². The number of carbonyl (C=O) groups excluding carboxylic acids is 1. The second-order valence-electron chi connectivity index (χ2n) is 5.23. The molecule has 1 aliphatic rings. The molecule has 1 aromatic heterocycles. The summed E-state index contributed by atoms with van der Waals surface area (Å²) in [6.07, 6.45) is -0.426.